The maximum Gasteiger partial charge on any atom is 0.225 e. The van der Waals surface area contributed by atoms with Gasteiger partial charge in [0.1, 0.15) is 10.6 Å². The van der Waals surface area contributed by atoms with Gasteiger partial charge in [0, 0.05) is 31.1 Å². The van der Waals surface area contributed by atoms with Gasteiger partial charge in [-0.05, 0) is 24.6 Å². The lowest BCUT2D eigenvalue weighted by Crippen LogP contribution is -2.46. The van der Waals surface area contributed by atoms with Crippen molar-refractivity contribution in [3.8, 4) is 0 Å². The number of hydrogen-bond donors (Lipinski definition) is 0. The maximum atomic E-state index is 10.7. The van der Waals surface area contributed by atoms with Crippen molar-refractivity contribution in [3.05, 3.63) is 16.2 Å². The summed E-state index contributed by atoms with van der Waals surface area (Å²) in [5, 5.41) is 1.33. The van der Waals surface area contributed by atoms with Crippen molar-refractivity contribution in [2.75, 3.05) is 31.1 Å². The topological polar surface area (TPSA) is 49.3 Å². The van der Waals surface area contributed by atoms with E-state index < -0.39 is 0 Å². The number of anilines is 1. The summed E-state index contributed by atoms with van der Waals surface area (Å²) < 4.78 is 0. The van der Waals surface area contributed by atoms with Crippen molar-refractivity contribution in [3.63, 3.8) is 0 Å². The molecule has 1 saturated heterocycles. The van der Waals surface area contributed by atoms with Crippen LogP contribution in [0.25, 0.3) is 10.2 Å². The number of hydrogen-bond acceptors (Lipinski definition) is 5. The lowest BCUT2D eigenvalue weighted by Gasteiger charge is -2.33. The Morgan fingerprint density at radius 2 is 2.05 bits per heavy atom. The number of piperazine rings is 1. The second-order valence-corrected chi connectivity index (χ2v) is 6.09. The van der Waals surface area contributed by atoms with Crippen molar-refractivity contribution < 1.29 is 4.79 Å². The number of rotatable bonds is 2. The smallest absolute Gasteiger partial charge is 0.225 e. The van der Waals surface area contributed by atoms with E-state index in [1.807, 2.05) is 6.92 Å². The van der Waals surface area contributed by atoms with Crippen molar-refractivity contribution >= 4 is 45.4 Å². The molecular formula is C12H13ClN4OS. The van der Waals surface area contributed by atoms with E-state index in [1.54, 1.807) is 16.2 Å². The highest BCUT2D eigenvalue weighted by Gasteiger charge is 2.20. The Balaban J connectivity index is 1.98. The Morgan fingerprint density at radius 1 is 1.32 bits per heavy atom. The molecule has 1 fully saturated rings. The number of amides is 1. The van der Waals surface area contributed by atoms with Gasteiger partial charge in [-0.3, -0.25) is 4.79 Å². The summed E-state index contributed by atoms with van der Waals surface area (Å²) in [6, 6.07) is 2.10. The van der Waals surface area contributed by atoms with Crippen LogP contribution < -0.4 is 4.90 Å². The standard InChI is InChI=1S/C12H13ClN4OS/c1-8-6-9-10(14-12(13)15-11(9)19-8)17-4-2-16(7-18)3-5-17/h6-7H,2-5H2,1H3. The third kappa shape index (κ3) is 2.37. The van der Waals surface area contributed by atoms with Gasteiger partial charge >= 0.3 is 0 Å². The number of halogens is 1. The minimum absolute atomic E-state index is 0.280. The minimum atomic E-state index is 0.280. The highest BCUT2D eigenvalue weighted by molar-refractivity contribution is 7.18. The number of aromatic nitrogens is 2. The fraction of sp³-hybridized carbons (Fsp3) is 0.417. The number of nitrogens with zero attached hydrogens (tertiary/aromatic N) is 4. The molecule has 0 unspecified atom stereocenters. The van der Waals surface area contributed by atoms with E-state index in [4.69, 9.17) is 11.6 Å². The summed E-state index contributed by atoms with van der Waals surface area (Å²) in [7, 11) is 0. The van der Waals surface area contributed by atoms with Gasteiger partial charge < -0.3 is 9.80 Å². The molecule has 0 aliphatic carbocycles. The van der Waals surface area contributed by atoms with E-state index in [1.165, 1.54) is 4.88 Å². The Kier molecular flexibility index (Phi) is 3.28. The van der Waals surface area contributed by atoms with Crippen LogP contribution in [-0.2, 0) is 4.79 Å². The van der Waals surface area contributed by atoms with Crippen LogP contribution in [-0.4, -0.2) is 47.5 Å². The van der Waals surface area contributed by atoms with Crippen LogP contribution in [0.5, 0.6) is 0 Å². The third-order valence-corrected chi connectivity index (χ3v) is 4.34. The van der Waals surface area contributed by atoms with Crippen molar-refractivity contribution in [1.29, 1.82) is 0 Å². The number of carbonyl (C=O) groups excluding carboxylic acids is 1. The van der Waals surface area contributed by atoms with Gasteiger partial charge in [0.15, 0.2) is 0 Å². The van der Waals surface area contributed by atoms with Gasteiger partial charge in [0.05, 0.1) is 5.39 Å². The number of aryl methyl sites for hydroxylation is 1. The predicted octanol–water partition coefficient (Wildman–Crippen LogP) is 1.93. The average Bonchev–Trinajstić information content (AvgIpc) is 2.78. The Hall–Kier alpha value is -1.40. The largest absolute Gasteiger partial charge is 0.352 e. The summed E-state index contributed by atoms with van der Waals surface area (Å²) in [5.41, 5.74) is 0. The third-order valence-electron chi connectivity index (χ3n) is 3.23. The molecule has 0 atom stereocenters. The highest BCUT2D eigenvalue weighted by Crippen LogP contribution is 2.31. The molecule has 100 valence electrons. The second-order valence-electron chi connectivity index (χ2n) is 4.52. The van der Waals surface area contributed by atoms with E-state index in [0.717, 1.165) is 48.6 Å². The predicted molar refractivity (Wildman–Crippen MR) is 77.0 cm³/mol. The zero-order valence-electron chi connectivity index (χ0n) is 10.5. The molecule has 7 heteroatoms. The van der Waals surface area contributed by atoms with Gasteiger partial charge in [-0.25, -0.2) is 4.98 Å². The summed E-state index contributed by atoms with van der Waals surface area (Å²) >= 11 is 7.62. The van der Waals surface area contributed by atoms with Gasteiger partial charge in [0.2, 0.25) is 11.7 Å². The van der Waals surface area contributed by atoms with Gasteiger partial charge in [-0.15, -0.1) is 11.3 Å². The SMILES string of the molecule is Cc1cc2c(N3CCN(C=O)CC3)nc(Cl)nc2s1. The summed E-state index contributed by atoms with van der Waals surface area (Å²) in [5.74, 6) is 0.880. The zero-order chi connectivity index (χ0) is 13.4. The Morgan fingerprint density at radius 3 is 2.74 bits per heavy atom. The van der Waals surface area contributed by atoms with Crippen LogP contribution >= 0.6 is 22.9 Å². The molecule has 0 spiro atoms. The molecule has 1 amide bonds. The molecule has 2 aromatic heterocycles. The van der Waals surface area contributed by atoms with Gasteiger partial charge in [0.25, 0.3) is 0 Å². The summed E-state index contributed by atoms with van der Waals surface area (Å²) in [6.45, 7) is 5.03. The Labute approximate surface area is 119 Å². The lowest BCUT2D eigenvalue weighted by molar-refractivity contribution is -0.118. The molecule has 3 heterocycles. The molecule has 3 rings (SSSR count). The van der Waals surface area contributed by atoms with Gasteiger partial charge in [-0.1, -0.05) is 0 Å². The van der Waals surface area contributed by atoms with Crippen LogP contribution in [0.3, 0.4) is 0 Å². The number of carbonyl (C=O) groups is 1. The normalized spacial score (nSPS) is 16.1. The van der Waals surface area contributed by atoms with Crippen molar-refractivity contribution in [2.45, 2.75) is 6.92 Å². The molecule has 1 aliphatic heterocycles. The number of thiophene rings is 1. The molecular weight excluding hydrogens is 284 g/mol. The fourth-order valence-corrected chi connectivity index (χ4v) is 3.37. The van der Waals surface area contributed by atoms with Gasteiger partial charge in [-0.2, -0.15) is 4.98 Å². The Bertz CT molecular complexity index is 621. The quantitative estimate of drug-likeness (QED) is 0.628. The fourth-order valence-electron chi connectivity index (χ4n) is 2.28. The molecule has 0 saturated carbocycles. The molecule has 5 nitrogen and oxygen atoms in total. The molecule has 0 aromatic carbocycles. The van der Waals surface area contributed by atoms with E-state index in [0.29, 0.717) is 0 Å². The van der Waals surface area contributed by atoms with E-state index in [2.05, 4.69) is 20.9 Å². The first-order chi connectivity index (χ1) is 9.17. The van der Waals surface area contributed by atoms with Crippen LogP contribution in [0.4, 0.5) is 5.82 Å². The highest BCUT2D eigenvalue weighted by atomic mass is 35.5. The molecule has 2 aromatic rings. The monoisotopic (exact) mass is 296 g/mol. The first kappa shape index (κ1) is 12.6. The minimum Gasteiger partial charge on any atom is -0.352 e. The molecule has 0 N–H and O–H groups in total. The van der Waals surface area contributed by atoms with Crippen LogP contribution in [0.1, 0.15) is 4.88 Å². The van der Waals surface area contributed by atoms with E-state index >= 15 is 0 Å². The summed E-state index contributed by atoms with van der Waals surface area (Å²) in [6.07, 6.45) is 0.897. The molecule has 19 heavy (non-hydrogen) atoms. The van der Waals surface area contributed by atoms with Crippen LogP contribution in [0.15, 0.2) is 6.07 Å². The van der Waals surface area contributed by atoms with E-state index in [-0.39, 0.29) is 5.28 Å². The molecule has 0 radical (unpaired) electrons. The first-order valence-electron chi connectivity index (χ1n) is 6.05. The van der Waals surface area contributed by atoms with Crippen molar-refractivity contribution in [2.24, 2.45) is 0 Å². The van der Waals surface area contributed by atoms with Crippen LogP contribution in [0, 0.1) is 6.92 Å². The lowest BCUT2D eigenvalue weighted by atomic mass is 10.3. The second kappa shape index (κ2) is 4.94. The maximum absolute atomic E-state index is 10.7. The number of fused-ring (bicyclic) bond motifs is 1. The molecule has 1 aliphatic rings. The summed E-state index contributed by atoms with van der Waals surface area (Å²) in [4.78, 5) is 25.4. The zero-order valence-corrected chi connectivity index (χ0v) is 12.0. The molecule has 0 bridgehead atoms. The average molecular weight is 297 g/mol. The van der Waals surface area contributed by atoms with Crippen molar-refractivity contribution in [1.82, 2.24) is 14.9 Å². The van der Waals surface area contributed by atoms with Crippen LogP contribution in [0.2, 0.25) is 5.28 Å². The van der Waals surface area contributed by atoms with E-state index in [9.17, 15) is 4.79 Å². The first-order valence-corrected chi connectivity index (χ1v) is 7.25.